The van der Waals surface area contributed by atoms with Crippen LogP contribution in [0.3, 0.4) is 0 Å². The Labute approximate surface area is 294 Å². The molecule has 0 spiro atoms. The maximum atomic E-state index is 5.29. The summed E-state index contributed by atoms with van der Waals surface area (Å²) in [5.74, 6) is 0.877. The van der Waals surface area contributed by atoms with Gasteiger partial charge < -0.3 is 9.88 Å². The lowest BCUT2D eigenvalue weighted by atomic mass is 9.94. The van der Waals surface area contributed by atoms with Crippen LogP contribution in [0.4, 0.5) is 0 Å². The van der Waals surface area contributed by atoms with Crippen molar-refractivity contribution >= 4 is 64.8 Å². The molecule has 0 amide bonds. The highest BCUT2D eigenvalue weighted by atomic mass is 32.1. The summed E-state index contributed by atoms with van der Waals surface area (Å²) in [5.41, 5.74) is 10.3. The fraction of sp³-hybridized carbons (Fsp3) is 0.0217. The number of benzene rings is 7. The lowest BCUT2D eigenvalue weighted by Crippen LogP contribution is -2.31. The molecule has 1 aliphatic rings. The standard InChI is InChI=1S/C46H31N3S/c1-4-14-30(15-5-1)39-29-40(31-16-6-2-7-17-31)48-46(47-39)33-27-37(45-36-21-11-13-23-43(36)50-44(45)28-33)32-24-25-42-38(26-32)35-20-10-12-22-41(35)49(42)34-18-8-3-9-19-34/h1-29,39H,(H,47,48). The van der Waals surface area contributed by atoms with Crippen LogP contribution in [0.1, 0.15) is 22.7 Å². The summed E-state index contributed by atoms with van der Waals surface area (Å²) in [6.45, 7) is 0. The van der Waals surface area contributed by atoms with Crippen LogP contribution in [-0.2, 0) is 0 Å². The Kier molecular flexibility index (Phi) is 6.74. The summed E-state index contributed by atoms with van der Waals surface area (Å²) in [4.78, 5) is 5.29. The zero-order valence-corrected chi connectivity index (χ0v) is 27.9. The molecule has 0 saturated heterocycles. The van der Waals surface area contributed by atoms with Gasteiger partial charge in [0.2, 0.25) is 0 Å². The van der Waals surface area contributed by atoms with Crippen molar-refractivity contribution in [1.29, 1.82) is 0 Å². The Hall–Kier alpha value is -6.23. The van der Waals surface area contributed by atoms with E-state index in [1.807, 2.05) is 11.3 Å². The van der Waals surface area contributed by atoms with Crippen LogP contribution in [0.25, 0.3) is 64.5 Å². The van der Waals surface area contributed by atoms with Gasteiger partial charge in [0.15, 0.2) is 0 Å². The number of thiophene rings is 1. The maximum Gasteiger partial charge on any atom is 0.134 e. The van der Waals surface area contributed by atoms with E-state index in [2.05, 4.69) is 186 Å². The molecule has 4 heteroatoms. The van der Waals surface area contributed by atoms with Gasteiger partial charge in [-0.25, -0.2) is 4.99 Å². The molecule has 0 saturated carbocycles. The third kappa shape index (κ3) is 4.76. The highest BCUT2D eigenvalue weighted by Gasteiger charge is 2.22. The van der Waals surface area contributed by atoms with Crippen LogP contribution in [-0.4, -0.2) is 10.4 Å². The Bertz CT molecular complexity index is 2770. The van der Waals surface area contributed by atoms with E-state index in [-0.39, 0.29) is 6.04 Å². The van der Waals surface area contributed by atoms with Gasteiger partial charge >= 0.3 is 0 Å². The summed E-state index contributed by atoms with van der Waals surface area (Å²) >= 11 is 1.85. The smallest absolute Gasteiger partial charge is 0.134 e. The quantitative estimate of drug-likeness (QED) is 0.196. The third-order valence-corrected chi connectivity index (χ3v) is 10.9. The van der Waals surface area contributed by atoms with Gasteiger partial charge in [0.1, 0.15) is 5.84 Å². The second-order valence-corrected chi connectivity index (χ2v) is 13.9. The van der Waals surface area contributed by atoms with Crippen LogP contribution in [0, 0.1) is 0 Å². The first-order valence-corrected chi connectivity index (χ1v) is 17.8. The van der Waals surface area contributed by atoms with Crippen LogP contribution < -0.4 is 5.32 Å². The highest BCUT2D eigenvalue weighted by molar-refractivity contribution is 7.26. The number of aromatic nitrogens is 1. The van der Waals surface area contributed by atoms with Crippen molar-refractivity contribution < 1.29 is 0 Å². The van der Waals surface area contributed by atoms with Crippen LogP contribution >= 0.6 is 11.3 Å². The molecule has 1 aliphatic heterocycles. The number of nitrogens with one attached hydrogen (secondary N) is 1. The molecule has 9 aromatic rings. The minimum Gasteiger partial charge on any atom is -0.359 e. The number of para-hydroxylation sites is 2. The molecular formula is C46H31N3S. The van der Waals surface area contributed by atoms with Crippen molar-refractivity contribution in [2.45, 2.75) is 6.04 Å². The normalized spacial score (nSPS) is 14.6. The number of amidine groups is 1. The third-order valence-electron chi connectivity index (χ3n) is 9.83. The van der Waals surface area contributed by atoms with Crippen molar-refractivity contribution in [3.8, 4) is 16.8 Å². The first-order chi connectivity index (χ1) is 24.8. The Morgan fingerprint density at radius 1 is 0.520 bits per heavy atom. The summed E-state index contributed by atoms with van der Waals surface area (Å²) in [7, 11) is 0. The van der Waals surface area contributed by atoms with E-state index in [0.29, 0.717) is 0 Å². The summed E-state index contributed by atoms with van der Waals surface area (Å²) in [5, 5.41) is 8.87. The molecule has 3 heterocycles. The summed E-state index contributed by atoms with van der Waals surface area (Å²) in [6.07, 6.45) is 2.24. The number of hydrogen-bond acceptors (Lipinski definition) is 3. The van der Waals surface area contributed by atoms with Crippen molar-refractivity contribution in [1.82, 2.24) is 9.88 Å². The molecule has 50 heavy (non-hydrogen) atoms. The fourth-order valence-electron chi connectivity index (χ4n) is 7.51. The van der Waals surface area contributed by atoms with Crippen molar-refractivity contribution in [2.75, 3.05) is 0 Å². The van der Waals surface area contributed by atoms with E-state index in [9.17, 15) is 0 Å². The first kappa shape index (κ1) is 28.8. The zero-order chi connectivity index (χ0) is 33.0. The Balaban J connectivity index is 1.20. The second kappa shape index (κ2) is 11.7. The van der Waals surface area contributed by atoms with Gasteiger partial charge in [-0.1, -0.05) is 121 Å². The molecule has 236 valence electrons. The molecule has 7 aromatic carbocycles. The van der Waals surface area contributed by atoms with E-state index >= 15 is 0 Å². The number of nitrogens with zero attached hydrogens (tertiary/aromatic N) is 2. The van der Waals surface area contributed by atoms with E-state index in [1.165, 1.54) is 58.7 Å². The number of hydrogen-bond donors (Lipinski definition) is 1. The van der Waals surface area contributed by atoms with Gasteiger partial charge in [-0.05, 0) is 76.9 Å². The minimum atomic E-state index is -0.0130. The SMILES string of the molecule is C1=C(c2ccccc2)N=C(c2cc(-c3ccc4c(c3)c3ccccc3n4-c3ccccc3)c3c(c2)sc2ccccc23)NC1c1ccccc1. The van der Waals surface area contributed by atoms with Gasteiger partial charge in [-0.15, -0.1) is 11.3 Å². The largest absolute Gasteiger partial charge is 0.359 e. The molecule has 0 aliphatic carbocycles. The molecule has 2 aromatic heterocycles. The minimum absolute atomic E-state index is 0.0130. The van der Waals surface area contributed by atoms with Crippen molar-refractivity contribution in [2.24, 2.45) is 4.99 Å². The molecular weight excluding hydrogens is 627 g/mol. The average molecular weight is 658 g/mol. The average Bonchev–Trinajstić information content (AvgIpc) is 3.74. The van der Waals surface area contributed by atoms with E-state index in [0.717, 1.165) is 28.3 Å². The molecule has 1 atom stereocenters. The Morgan fingerprint density at radius 3 is 2.02 bits per heavy atom. The van der Waals surface area contributed by atoms with Crippen LogP contribution in [0.5, 0.6) is 0 Å². The number of rotatable bonds is 5. The maximum absolute atomic E-state index is 5.29. The van der Waals surface area contributed by atoms with E-state index in [1.54, 1.807) is 0 Å². The topological polar surface area (TPSA) is 29.3 Å². The fourth-order valence-corrected chi connectivity index (χ4v) is 8.68. The summed E-state index contributed by atoms with van der Waals surface area (Å²) < 4.78 is 4.91. The van der Waals surface area contributed by atoms with Gasteiger partial charge in [0, 0.05) is 42.2 Å². The molecule has 0 radical (unpaired) electrons. The van der Waals surface area contributed by atoms with Crippen molar-refractivity contribution in [3.63, 3.8) is 0 Å². The molecule has 0 fully saturated rings. The van der Waals surface area contributed by atoms with Crippen LogP contribution in [0.2, 0.25) is 0 Å². The number of fused-ring (bicyclic) bond motifs is 6. The van der Waals surface area contributed by atoms with Gasteiger partial charge in [0.05, 0.1) is 22.8 Å². The van der Waals surface area contributed by atoms with Gasteiger partial charge in [-0.3, -0.25) is 0 Å². The molecule has 10 rings (SSSR count). The summed E-state index contributed by atoms with van der Waals surface area (Å²) in [6, 6.07) is 61.0. The van der Waals surface area contributed by atoms with Crippen LogP contribution in [0.15, 0.2) is 181 Å². The monoisotopic (exact) mass is 657 g/mol. The van der Waals surface area contributed by atoms with E-state index in [4.69, 9.17) is 4.99 Å². The Morgan fingerprint density at radius 2 is 1.20 bits per heavy atom. The molecule has 3 nitrogen and oxygen atoms in total. The second-order valence-electron chi connectivity index (χ2n) is 12.8. The van der Waals surface area contributed by atoms with Crippen molar-refractivity contribution in [3.05, 3.63) is 193 Å². The van der Waals surface area contributed by atoms with Gasteiger partial charge in [0.25, 0.3) is 0 Å². The molecule has 1 unspecified atom stereocenters. The first-order valence-electron chi connectivity index (χ1n) is 17.0. The highest BCUT2D eigenvalue weighted by Crippen LogP contribution is 2.43. The number of aliphatic imine (C=N–C) groups is 1. The lowest BCUT2D eigenvalue weighted by Gasteiger charge is -2.25. The predicted molar refractivity (Wildman–Crippen MR) is 212 cm³/mol. The lowest BCUT2D eigenvalue weighted by molar-refractivity contribution is 0.781. The zero-order valence-electron chi connectivity index (χ0n) is 27.1. The molecule has 1 N–H and O–H groups in total. The molecule has 0 bridgehead atoms. The predicted octanol–water partition coefficient (Wildman–Crippen LogP) is 12.0. The van der Waals surface area contributed by atoms with E-state index < -0.39 is 0 Å². The van der Waals surface area contributed by atoms with Gasteiger partial charge in [-0.2, -0.15) is 0 Å².